The van der Waals surface area contributed by atoms with Gasteiger partial charge in [0.25, 0.3) is 11.2 Å². The summed E-state index contributed by atoms with van der Waals surface area (Å²) in [6.45, 7) is 0. The lowest BCUT2D eigenvalue weighted by Gasteiger charge is -2.20. The maximum atomic E-state index is 11.9. The van der Waals surface area contributed by atoms with Crippen LogP contribution in [0, 0.1) is 10.1 Å². The van der Waals surface area contributed by atoms with Gasteiger partial charge in [-0.25, -0.2) is 9.59 Å². The lowest BCUT2D eigenvalue weighted by molar-refractivity contribution is -0.384. The lowest BCUT2D eigenvalue weighted by Crippen LogP contribution is -2.44. The van der Waals surface area contributed by atoms with E-state index in [0.29, 0.717) is 5.56 Å². The zero-order chi connectivity index (χ0) is 18.9. The van der Waals surface area contributed by atoms with Gasteiger partial charge in [-0.05, 0) is 17.2 Å². The molecule has 2 aromatic rings. The van der Waals surface area contributed by atoms with Gasteiger partial charge in [0.2, 0.25) is 0 Å². The van der Waals surface area contributed by atoms with E-state index >= 15 is 0 Å². The maximum absolute atomic E-state index is 11.9. The molecule has 0 saturated carbocycles. The minimum Gasteiger partial charge on any atom is -0.479 e. The largest absolute Gasteiger partial charge is 0.479 e. The number of allylic oxidation sites excluding steroid dienone is 1. The number of carbonyl (C=O) groups is 2. The highest BCUT2D eigenvalue weighted by atomic mass is 16.6. The van der Waals surface area contributed by atoms with Crippen molar-refractivity contribution in [1.29, 1.82) is 0 Å². The first-order valence-corrected chi connectivity index (χ1v) is 7.45. The van der Waals surface area contributed by atoms with Gasteiger partial charge < -0.3 is 10.2 Å². The molecule has 2 N–H and O–H groups in total. The van der Waals surface area contributed by atoms with Crippen molar-refractivity contribution in [3.63, 3.8) is 0 Å². The molecule has 0 amide bonds. The molecular formula is C18H12N2O6. The molecule has 1 heterocycles. The van der Waals surface area contributed by atoms with E-state index in [1.165, 1.54) is 24.3 Å². The van der Waals surface area contributed by atoms with Crippen LogP contribution >= 0.6 is 0 Å². The summed E-state index contributed by atoms with van der Waals surface area (Å²) < 4.78 is 0. The van der Waals surface area contributed by atoms with Crippen molar-refractivity contribution >= 4 is 28.9 Å². The van der Waals surface area contributed by atoms with Crippen molar-refractivity contribution in [2.24, 2.45) is 4.99 Å². The summed E-state index contributed by atoms with van der Waals surface area (Å²) in [5.41, 5.74) is -2.16. The molecule has 0 spiro atoms. The fourth-order valence-electron chi connectivity index (χ4n) is 2.77. The SMILES string of the molecule is O=C(O)C1(C(=O)O)N=C(c2ccccc2)C=C1c1cccc([N+](=O)[O-])c1. The predicted molar refractivity (Wildman–Crippen MR) is 92.1 cm³/mol. The van der Waals surface area contributed by atoms with Crippen molar-refractivity contribution in [2.45, 2.75) is 5.54 Å². The summed E-state index contributed by atoms with van der Waals surface area (Å²) in [4.78, 5) is 38.1. The summed E-state index contributed by atoms with van der Waals surface area (Å²) in [7, 11) is 0. The highest BCUT2D eigenvalue weighted by Crippen LogP contribution is 2.38. The van der Waals surface area contributed by atoms with Crippen LogP contribution in [0.25, 0.3) is 5.57 Å². The van der Waals surface area contributed by atoms with Gasteiger partial charge in [0, 0.05) is 17.7 Å². The molecule has 0 unspecified atom stereocenters. The van der Waals surface area contributed by atoms with Crippen LogP contribution in [0.1, 0.15) is 11.1 Å². The van der Waals surface area contributed by atoms with E-state index in [2.05, 4.69) is 4.99 Å². The van der Waals surface area contributed by atoms with Gasteiger partial charge in [-0.2, -0.15) is 0 Å². The Balaban J connectivity index is 2.24. The molecule has 0 aromatic heterocycles. The molecule has 0 aliphatic carbocycles. The Labute approximate surface area is 146 Å². The fourth-order valence-corrected chi connectivity index (χ4v) is 2.77. The van der Waals surface area contributed by atoms with Gasteiger partial charge in [0.15, 0.2) is 0 Å². The molecule has 2 aromatic carbocycles. The molecule has 8 heteroatoms. The number of aliphatic imine (C=N–C) groups is 1. The second-order valence-electron chi connectivity index (χ2n) is 5.55. The second kappa shape index (κ2) is 6.25. The molecule has 130 valence electrons. The van der Waals surface area contributed by atoms with Crippen molar-refractivity contribution in [3.8, 4) is 0 Å². The molecule has 1 aliphatic rings. The molecule has 26 heavy (non-hydrogen) atoms. The van der Waals surface area contributed by atoms with Crippen LogP contribution in [0.15, 0.2) is 65.7 Å². The van der Waals surface area contributed by atoms with Gasteiger partial charge >= 0.3 is 11.9 Å². The Kier molecular flexibility index (Phi) is 4.09. The zero-order valence-corrected chi connectivity index (χ0v) is 13.2. The summed E-state index contributed by atoms with van der Waals surface area (Å²) in [6, 6.07) is 13.7. The fraction of sp³-hybridized carbons (Fsp3) is 0.0556. The number of rotatable bonds is 5. The third kappa shape index (κ3) is 2.63. The molecule has 0 fully saturated rings. The molecule has 0 radical (unpaired) electrons. The Hall–Kier alpha value is -3.81. The Morgan fingerprint density at radius 3 is 2.15 bits per heavy atom. The summed E-state index contributed by atoms with van der Waals surface area (Å²) >= 11 is 0. The molecule has 1 aliphatic heterocycles. The third-order valence-electron chi connectivity index (χ3n) is 4.02. The molecule has 0 bridgehead atoms. The number of nitro benzene ring substituents is 1. The third-order valence-corrected chi connectivity index (χ3v) is 4.02. The molecule has 0 saturated heterocycles. The van der Waals surface area contributed by atoms with Gasteiger partial charge in [-0.3, -0.25) is 15.1 Å². The number of hydrogen-bond donors (Lipinski definition) is 2. The monoisotopic (exact) mass is 352 g/mol. The number of carboxylic acids is 2. The van der Waals surface area contributed by atoms with Crippen LogP contribution < -0.4 is 0 Å². The minimum atomic E-state index is -2.57. The van der Waals surface area contributed by atoms with Crippen molar-refractivity contribution < 1.29 is 24.7 Å². The average Bonchev–Trinajstić information content (AvgIpc) is 3.05. The molecule has 3 rings (SSSR count). The molecule has 8 nitrogen and oxygen atoms in total. The van der Waals surface area contributed by atoms with E-state index in [-0.39, 0.29) is 22.5 Å². The van der Waals surface area contributed by atoms with Crippen LogP contribution in [0.3, 0.4) is 0 Å². The number of nitro groups is 1. The highest BCUT2D eigenvalue weighted by molar-refractivity contribution is 6.28. The first-order chi connectivity index (χ1) is 12.4. The smallest absolute Gasteiger partial charge is 0.348 e. The molecular weight excluding hydrogens is 340 g/mol. The average molecular weight is 352 g/mol. The lowest BCUT2D eigenvalue weighted by atomic mass is 9.86. The number of aliphatic carboxylic acids is 2. The van der Waals surface area contributed by atoms with Crippen LogP contribution in [0.4, 0.5) is 5.69 Å². The van der Waals surface area contributed by atoms with Crippen molar-refractivity contribution in [1.82, 2.24) is 0 Å². The first kappa shape index (κ1) is 17.0. The number of carboxylic acid groups (broad SMARTS) is 2. The quantitative estimate of drug-likeness (QED) is 0.483. The number of hydrogen-bond acceptors (Lipinski definition) is 5. The summed E-state index contributed by atoms with van der Waals surface area (Å²) in [6.07, 6.45) is 1.34. The predicted octanol–water partition coefficient (Wildman–Crippen LogP) is 2.39. The Morgan fingerprint density at radius 1 is 0.962 bits per heavy atom. The van der Waals surface area contributed by atoms with E-state index in [0.717, 1.165) is 6.07 Å². The normalized spacial score (nSPS) is 15.1. The standard InChI is InChI=1S/C18H12N2O6/c21-16(22)18(17(23)24)14(12-7-4-8-13(9-12)20(25)26)10-15(19-18)11-5-2-1-3-6-11/h1-10H,(H,21,22)(H,23,24). The first-order valence-electron chi connectivity index (χ1n) is 7.45. The summed E-state index contributed by atoms with van der Waals surface area (Å²) in [5.74, 6) is -3.35. The van der Waals surface area contributed by atoms with Crippen molar-refractivity contribution in [2.75, 3.05) is 0 Å². The van der Waals surface area contributed by atoms with Gasteiger partial charge in [0.1, 0.15) is 0 Å². The molecule has 0 atom stereocenters. The van der Waals surface area contributed by atoms with Crippen LogP contribution in [-0.4, -0.2) is 38.3 Å². The number of nitrogens with zero attached hydrogens (tertiary/aromatic N) is 2. The second-order valence-corrected chi connectivity index (χ2v) is 5.55. The van der Waals surface area contributed by atoms with E-state index < -0.39 is 22.4 Å². The highest BCUT2D eigenvalue weighted by Gasteiger charge is 2.53. The Morgan fingerprint density at radius 2 is 1.58 bits per heavy atom. The van der Waals surface area contributed by atoms with Crippen LogP contribution in [0.5, 0.6) is 0 Å². The topological polar surface area (TPSA) is 130 Å². The van der Waals surface area contributed by atoms with E-state index in [9.17, 15) is 29.9 Å². The van der Waals surface area contributed by atoms with E-state index in [4.69, 9.17) is 0 Å². The zero-order valence-electron chi connectivity index (χ0n) is 13.2. The van der Waals surface area contributed by atoms with Crippen molar-refractivity contribution in [3.05, 3.63) is 81.9 Å². The Bertz CT molecular complexity index is 964. The number of benzene rings is 2. The minimum absolute atomic E-state index is 0.110. The number of non-ortho nitro benzene ring substituents is 1. The van der Waals surface area contributed by atoms with E-state index in [1.54, 1.807) is 30.3 Å². The van der Waals surface area contributed by atoms with Gasteiger partial charge in [0.05, 0.1) is 10.6 Å². The van der Waals surface area contributed by atoms with Crippen LogP contribution in [-0.2, 0) is 9.59 Å². The van der Waals surface area contributed by atoms with Gasteiger partial charge in [-0.1, -0.05) is 42.5 Å². The van der Waals surface area contributed by atoms with E-state index in [1.807, 2.05) is 0 Å². The van der Waals surface area contributed by atoms with Gasteiger partial charge in [-0.15, -0.1) is 0 Å². The van der Waals surface area contributed by atoms with Crippen LogP contribution in [0.2, 0.25) is 0 Å². The summed E-state index contributed by atoms with van der Waals surface area (Å²) in [5, 5.41) is 30.3. The maximum Gasteiger partial charge on any atom is 0.348 e.